The highest BCUT2D eigenvalue weighted by atomic mass is 32.2. The molecule has 2 aromatic rings. The van der Waals surface area contributed by atoms with E-state index in [1.807, 2.05) is 0 Å². The zero-order valence-corrected chi connectivity index (χ0v) is 15.4. The van der Waals surface area contributed by atoms with E-state index in [2.05, 4.69) is 10.0 Å². The van der Waals surface area contributed by atoms with Crippen molar-refractivity contribution < 1.29 is 22.4 Å². The molecule has 0 saturated carbocycles. The van der Waals surface area contributed by atoms with Crippen molar-refractivity contribution in [3.8, 4) is 0 Å². The van der Waals surface area contributed by atoms with Crippen LogP contribution in [-0.4, -0.2) is 38.2 Å². The van der Waals surface area contributed by atoms with E-state index >= 15 is 0 Å². The maximum absolute atomic E-state index is 12.3. The molecule has 26 heavy (non-hydrogen) atoms. The van der Waals surface area contributed by atoms with Gasteiger partial charge in [0.1, 0.15) is 5.76 Å². The van der Waals surface area contributed by atoms with Crippen LogP contribution in [0.25, 0.3) is 0 Å². The van der Waals surface area contributed by atoms with Crippen LogP contribution in [0.3, 0.4) is 0 Å². The summed E-state index contributed by atoms with van der Waals surface area (Å²) in [6.07, 6.45) is 1.51. The number of rotatable bonds is 8. The van der Waals surface area contributed by atoms with Crippen LogP contribution in [0, 0.1) is 0 Å². The van der Waals surface area contributed by atoms with Crippen LogP contribution >= 0.6 is 0 Å². The third kappa shape index (κ3) is 5.71. The van der Waals surface area contributed by atoms with Crippen molar-refractivity contribution >= 4 is 27.5 Å². The van der Waals surface area contributed by atoms with E-state index in [-0.39, 0.29) is 36.3 Å². The minimum atomic E-state index is -3.71. The minimum absolute atomic E-state index is 0.0655. The minimum Gasteiger partial charge on any atom is -0.467 e. The van der Waals surface area contributed by atoms with Gasteiger partial charge in [-0.2, -0.15) is 0 Å². The first-order chi connectivity index (χ1) is 12.3. The van der Waals surface area contributed by atoms with Gasteiger partial charge in [-0.3, -0.25) is 9.59 Å². The molecule has 1 aromatic carbocycles. The van der Waals surface area contributed by atoms with Crippen LogP contribution < -0.4 is 10.0 Å². The summed E-state index contributed by atoms with van der Waals surface area (Å²) in [6, 6.07) is 9.29. The van der Waals surface area contributed by atoms with Gasteiger partial charge in [0.2, 0.25) is 21.8 Å². The third-order valence-electron chi connectivity index (χ3n) is 3.53. The molecule has 140 valence electrons. The van der Waals surface area contributed by atoms with Gasteiger partial charge in [0.25, 0.3) is 0 Å². The summed E-state index contributed by atoms with van der Waals surface area (Å²) in [4.78, 5) is 24.2. The predicted octanol–water partition coefficient (Wildman–Crippen LogP) is 1.56. The Balaban J connectivity index is 1.93. The lowest BCUT2D eigenvalue weighted by Crippen LogP contribution is -2.37. The maximum Gasteiger partial charge on any atom is 0.240 e. The standard InChI is InChI=1S/C17H21N3O5S/c1-13(21)19-15-5-7-17(8-6-15)26(23,24)18-9-10-20(14(2)22)12-16-4-3-11-25-16/h3-8,11,18H,9-10,12H2,1-2H3,(H,19,21). The van der Waals surface area contributed by atoms with Gasteiger partial charge >= 0.3 is 0 Å². The number of amides is 2. The maximum atomic E-state index is 12.3. The molecule has 0 aliphatic heterocycles. The van der Waals surface area contributed by atoms with E-state index in [9.17, 15) is 18.0 Å². The van der Waals surface area contributed by atoms with Gasteiger partial charge < -0.3 is 14.6 Å². The van der Waals surface area contributed by atoms with Crippen LogP contribution in [0.1, 0.15) is 19.6 Å². The molecular weight excluding hydrogens is 358 g/mol. The number of sulfonamides is 1. The smallest absolute Gasteiger partial charge is 0.240 e. The second kappa shape index (κ2) is 8.63. The van der Waals surface area contributed by atoms with Gasteiger partial charge in [-0.25, -0.2) is 13.1 Å². The Morgan fingerprint density at radius 2 is 1.81 bits per heavy atom. The monoisotopic (exact) mass is 379 g/mol. The van der Waals surface area contributed by atoms with Crippen LogP contribution in [0.2, 0.25) is 0 Å². The molecule has 0 aliphatic carbocycles. The average Bonchev–Trinajstić information content (AvgIpc) is 3.06. The lowest BCUT2D eigenvalue weighted by Gasteiger charge is -2.20. The summed E-state index contributed by atoms with van der Waals surface area (Å²) in [6.45, 7) is 3.33. The number of anilines is 1. The zero-order valence-electron chi connectivity index (χ0n) is 14.6. The number of carbonyl (C=O) groups excluding carboxylic acids is 2. The molecular formula is C17H21N3O5S. The van der Waals surface area contributed by atoms with Crippen molar-refractivity contribution in [2.24, 2.45) is 0 Å². The predicted molar refractivity (Wildman–Crippen MR) is 95.7 cm³/mol. The molecule has 0 fully saturated rings. The second-order valence-electron chi connectivity index (χ2n) is 5.62. The molecule has 0 unspecified atom stereocenters. The molecule has 1 aromatic heterocycles. The SMILES string of the molecule is CC(=O)Nc1ccc(S(=O)(=O)NCCN(Cc2ccco2)C(C)=O)cc1. The summed E-state index contributed by atoms with van der Waals surface area (Å²) in [5.41, 5.74) is 0.512. The van der Waals surface area contributed by atoms with Crippen LogP contribution in [0.4, 0.5) is 5.69 Å². The van der Waals surface area contributed by atoms with Gasteiger partial charge in [-0.15, -0.1) is 0 Å². The number of benzene rings is 1. The Labute approximate surface area is 152 Å². The number of nitrogens with zero attached hydrogens (tertiary/aromatic N) is 1. The number of hydrogen-bond donors (Lipinski definition) is 2. The first kappa shape index (κ1) is 19.7. The fourth-order valence-electron chi connectivity index (χ4n) is 2.26. The highest BCUT2D eigenvalue weighted by Gasteiger charge is 2.16. The quantitative estimate of drug-likeness (QED) is 0.724. The number of nitrogens with one attached hydrogen (secondary N) is 2. The molecule has 2 N–H and O–H groups in total. The molecule has 0 radical (unpaired) electrons. The van der Waals surface area contributed by atoms with Gasteiger partial charge in [0.15, 0.2) is 0 Å². The Morgan fingerprint density at radius 1 is 1.12 bits per heavy atom. The average molecular weight is 379 g/mol. The van der Waals surface area contributed by atoms with Gasteiger partial charge in [-0.05, 0) is 36.4 Å². The molecule has 9 heteroatoms. The molecule has 2 amide bonds. The van der Waals surface area contributed by atoms with Gasteiger partial charge in [-0.1, -0.05) is 0 Å². The van der Waals surface area contributed by atoms with E-state index in [1.54, 1.807) is 12.1 Å². The van der Waals surface area contributed by atoms with Crippen LogP contribution in [0.5, 0.6) is 0 Å². The number of furan rings is 1. The first-order valence-electron chi connectivity index (χ1n) is 7.93. The van der Waals surface area contributed by atoms with E-state index in [0.717, 1.165) is 0 Å². The number of carbonyl (C=O) groups is 2. The lowest BCUT2D eigenvalue weighted by molar-refractivity contribution is -0.129. The number of hydrogen-bond acceptors (Lipinski definition) is 5. The van der Waals surface area contributed by atoms with Gasteiger partial charge in [0.05, 0.1) is 17.7 Å². The summed E-state index contributed by atoms with van der Waals surface area (Å²) in [7, 11) is -3.71. The molecule has 0 spiro atoms. The molecule has 1 heterocycles. The van der Waals surface area contributed by atoms with Crippen molar-refractivity contribution in [2.45, 2.75) is 25.3 Å². The summed E-state index contributed by atoms with van der Waals surface area (Å²) in [5.74, 6) is 0.205. The molecule has 8 nitrogen and oxygen atoms in total. The van der Waals surface area contributed by atoms with Crippen LogP contribution in [0.15, 0.2) is 52.0 Å². The molecule has 0 atom stereocenters. The van der Waals surface area contributed by atoms with Crippen molar-refractivity contribution in [1.29, 1.82) is 0 Å². The topological polar surface area (TPSA) is 109 Å². The van der Waals surface area contributed by atoms with Gasteiger partial charge in [0, 0.05) is 32.6 Å². The third-order valence-corrected chi connectivity index (χ3v) is 5.01. The van der Waals surface area contributed by atoms with E-state index < -0.39 is 10.0 Å². The first-order valence-corrected chi connectivity index (χ1v) is 9.41. The van der Waals surface area contributed by atoms with Crippen molar-refractivity contribution in [1.82, 2.24) is 9.62 Å². The summed E-state index contributed by atoms with van der Waals surface area (Å²) >= 11 is 0. The molecule has 0 saturated heterocycles. The fourth-order valence-corrected chi connectivity index (χ4v) is 3.28. The normalized spacial score (nSPS) is 11.2. The molecule has 0 aliphatic rings. The molecule has 0 bridgehead atoms. The Kier molecular flexibility index (Phi) is 6.53. The van der Waals surface area contributed by atoms with E-state index in [4.69, 9.17) is 4.42 Å². The van der Waals surface area contributed by atoms with Crippen molar-refractivity contribution in [3.63, 3.8) is 0 Å². The highest BCUT2D eigenvalue weighted by molar-refractivity contribution is 7.89. The fraction of sp³-hybridized carbons (Fsp3) is 0.294. The Morgan fingerprint density at radius 3 is 2.35 bits per heavy atom. The lowest BCUT2D eigenvalue weighted by atomic mass is 10.3. The zero-order chi connectivity index (χ0) is 19.2. The van der Waals surface area contributed by atoms with E-state index in [0.29, 0.717) is 11.4 Å². The largest absolute Gasteiger partial charge is 0.467 e. The second-order valence-corrected chi connectivity index (χ2v) is 7.39. The Hall–Kier alpha value is -2.65. The van der Waals surface area contributed by atoms with Crippen LogP contribution in [-0.2, 0) is 26.2 Å². The Bertz CT molecular complexity index is 845. The van der Waals surface area contributed by atoms with Crippen molar-refractivity contribution in [3.05, 3.63) is 48.4 Å². The van der Waals surface area contributed by atoms with Crippen molar-refractivity contribution in [2.75, 3.05) is 18.4 Å². The van der Waals surface area contributed by atoms with E-state index in [1.165, 1.54) is 49.3 Å². The molecule has 2 rings (SSSR count). The summed E-state index contributed by atoms with van der Waals surface area (Å²) < 4.78 is 32.3. The summed E-state index contributed by atoms with van der Waals surface area (Å²) in [5, 5.41) is 2.57. The highest BCUT2D eigenvalue weighted by Crippen LogP contribution is 2.14.